The highest BCUT2D eigenvalue weighted by Crippen LogP contribution is 2.26. The molecule has 7 nitrogen and oxygen atoms in total. The van der Waals surface area contributed by atoms with Gasteiger partial charge in [0, 0.05) is 19.5 Å². The van der Waals surface area contributed by atoms with Crippen LogP contribution in [0.25, 0.3) is 5.57 Å². The first-order valence-electron chi connectivity index (χ1n) is 10.9. The molecule has 1 amide bonds. The number of hydrogen-bond donors (Lipinski definition) is 2. The minimum absolute atomic E-state index is 0.0339. The number of nitrogens with zero attached hydrogens (tertiary/aromatic N) is 1. The Morgan fingerprint density at radius 3 is 2.29 bits per heavy atom. The number of sulfonamides is 1. The van der Waals surface area contributed by atoms with E-state index in [2.05, 4.69) is 5.32 Å². The van der Waals surface area contributed by atoms with Crippen LogP contribution in [-0.4, -0.2) is 54.6 Å². The van der Waals surface area contributed by atoms with Crippen LogP contribution in [0.2, 0.25) is 10.0 Å². The maximum atomic E-state index is 12.6. The minimum atomic E-state index is -3.22. The summed E-state index contributed by atoms with van der Waals surface area (Å²) in [5, 5.41) is 12.4. The van der Waals surface area contributed by atoms with E-state index in [0.29, 0.717) is 25.9 Å². The standard InChI is InChI=1S/C24H26Cl2N2O5S/c1-2-14-34(32,33)28-12-10-18(11-13-28)17-8-6-16(7-9-17)15-21(24(30)31)27-23(29)22-19(25)4-3-5-20(22)26/h3-10,21H,2,11-15H2,1H3,(H,27,29)(H,30,31)/t21-/m0/s1. The molecule has 3 rings (SSSR count). The quantitative estimate of drug-likeness (QED) is 0.510. The van der Waals surface area contributed by atoms with Crippen LogP contribution in [0.5, 0.6) is 0 Å². The van der Waals surface area contributed by atoms with Gasteiger partial charge in [-0.25, -0.2) is 13.2 Å². The van der Waals surface area contributed by atoms with Gasteiger partial charge in [-0.2, -0.15) is 4.31 Å². The number of carboxylic acid groups (broad SMARTS) is 1. The van der Waals surface area contributed by atoms with E-state index in [1.54, 1.807) is 18.2 Å². The summed E-state index contributed by atoms with van der Waals surface area (Å²) in [5.41, 5.74) is 2.76. The molecule has 2 N–H and O–H groups in total. The molecule has 34 heavy (non-hydrogen) atoms. The third-order valence-corrected chi connectivity index (χ3v) is 8.26. The topological polar surface area (TPSA) is 104 Å². The molecule has 1 aliphatic heterocycles. The van der Waals surface area contributed by atoms with Gasteiger partial charge in [0.25, 0.3) is 5.91 Å². The zero-order valence-corrected chi connectivity index (χ0v) is 21.0. The van der Waals surface area contributed by atoms with Gasteiger partial charge in [0.1, 0.15) is 6.04 Å². The third kappa shape index (κ3) is 6.39. The molecule has 1 aliphatic rings. The van der Waals surface area contributed by atoms with E-state index < -0.39 is 27.9 Å². The number of carbonyl (C=O) groups excluding carboxylic acids is 1. The van der Waals surface area contributed by atoms with Crippen molar-refractivity contribution >= 4 is 50.7 Å². The molecule has 182 valence electrons. The fourth-order valence-electron chi connectivity index (χ4n) is 3.79. The number of rotatable bonds is 9. The lowest BCUT2D eigenvalue weighted by atomic mass is 9.97. The fourth-order valence-corrected chi connectivity index (χ4v) is 5.80. The molecule has 1 heterocycles. The maximum absolute atomic E-state index is 12.6. The molecule has 2 aromatic carbocycles. The third-order valence-electron chi connectivity index (χ3n) is 5.59. The molecule has 0 bridgehead atoms. The van der Waals surface area contributed by atoms with Crippen molar-refractivity contribution in [3.8, 4) is 0 Å². The summed E-state index contributed by atoms with van der Waals surface area (Å²) >= 11 is 12.1. The van der Waals surface area contributed by atoms with Gasteiger partial charge in [-0.1, -0.05) is 66.5 Å². The molecule has 0 unspecified atom stereocenters. The highest BCUT2D eigenvalue weighted by atomic mass is 35.5. The average Bonchev–Trinajstić information content (AvgIpc) is 2.79. The Morgan fingerprint density at radius 2 is 1.76 bits per heavy atom. The number of carboxylic acids is 1. The smallest absolute Gasteiger partial charge is 0.326 e. The van der Waals surface area contributed by atoms with Gasteiger partial charge in [-0.15, -0.1) is 0 Å². The normalized spacial score (nSPS) is 15.4. The first kappa shape index (κ1) is 26.2. The summed E-state index contributed by atoms with van der Waals surface area (Å²) in [4.78, 5) is 24.4. The number of benzene rings is 2. The van der Waals surface area contributed by atoms with Crippen molar-refractivity contribution in [1.82, 2.24) is 9.62 Å². The maximum Gasteiger partial charge on any atom is 0.326 e. The number of carbonyl (C=O) groups is 2. The molecule has 0 spiro atoms. The van der Waals surface area contributed by atoms with Crippen molar-refractivity contribution in [1.29, 1.82) is 0 Å². The molecule has 10 heteroatoms. The molecule has 0 saturated carbocycles. The van der Waals surface area contributed by atoms with E-state index in [4.69, 9.17) is 23.2 Å². The fraction of sp³-hybridized carbons (Fsp3) is 0.333. The Labute approximate surface area is 209 Å². The van der Waals surface area contributed by atoms with Crippen molar-refractivity contribution in [3.63, 3.8) is 0 Å². The van der Waals surface area contributed by atoms with E-state index in [9.17, 15) is 23.1 Å². The van der Waals surface area contributed by atoms with Crippen molar-refractivity contribution in [2.75, 3.05) is 18.8 Å². The van der Waals surface area contributed by atoms with Crippen LogP contribution in [0.15, 0.2) is 48.5 Å². The molecule has 0 fully saturated rings. The number of nitrogens with one attached hydrogen (secondary N) is 1. The van der Waals surface area contributed by atoms with E-state index in [1.165, 1.54) is 16.4 Å². The highest BCUT2D eigenvalue weighted by molar-refractivity contribution is 7.89. The molecular formula is C24H26Cl2N2O5S. The Hall–Kier alpha value is -2.39. The van der Waals surface area contributed by atoms with Crippen LogP contribution in [0.4, 0.5) is 0 Å². The van der Waals surface area contributed by atoms with Crippen LogP contribution in [-0.2, 0) is 21.2 Å². The largest absolute Gasteiger partial charge is 0.480 e. The van der Waals surface area contributed by atoms with Gasteiger partial charge in [0.15, 0.2) is 0 Å². The van der Waals surface area contributed by atoms with Gasteiger partial charge < -0.3 is 10.4 Å². The van der Waals surface area contributed by atoms with Crippen molar-refractivity contribution in [2.45, 2.75) is 32.2 Å². The molecular weight excluding hydrogens is 499 g/mol. The monoisotopic (exact) mass is 524 g/mol. The van der Waals surface area contributed by atoms with Crippen LogP contribution < -0.4 is 5.32 Å². The van der Waals surface area contributed by atoms with E-state index in [0.717, 1.165) is 16.7 Å². The molecule has 0 aliphatic carbocycles. The van der Waals surface area contributed by atoms with E-state index in [1.807, 2.05) is 25.1 Å². The first-order chi connectivity index (χ1) is 16.1. The molecule has 0 aromatic heterocycles. The summed E-state index contributed by atoms with van der Waals surface area (Å²) in [7, 11) is -3.22. The van der Waals surface area contributed by atoms with Gasteiger partial charge in [-0.05, 0) is 41.7 Å². The predicted octanol–water partition coefficient (Wildman–Crippen LogP) is 4.25. The lowest BCUT2D eigenvalue weighted by Gasteiger charge is -2.26. The average molecular weight is 525 g/mol. The second-order valence-corrected chi connectivity index (χ2v) is 10.9. The van der Waals surface area contributed by atoms with E-state index >= 15 is 0 Å². The number of halogens is 2. The molecule has 1 atom stereocenters. The van der Waals surface area contributed by atoms with Crippen LogP contribution in [0.1, 0.15) is 41.3 Å². The summed E-state index contributed by atoms with van der Waals surface area (Å²) in [6.45, 7) is 2.63. The van der Waals surface area contributed by atoms with E-state index in [-0.39, 0.29) is 27.8 Å². The van der Waals surface area contributed by atoms with Crippen LogP contribution in [0.3, 0.4) is 0 Å². The predicted molar refractivity (Wildman–Crippen MR) is 134 cm³/mol. The zero-order chi connectivity index (χ0) is 24.9. The zero-order valence-electron chi connectivity index (χ0n) is 18.6. The Bertz CT molecular complexity index is 1180. The van der Waals surface area contributed by atoms with Gasteiger partial charge in [0.05, 0.1) is 21.4 Å². The van der Waals surface area contributed by atoms with Crippen LogP contribution >= 0.6 is 23.2 Å². The minimum Gasteiger partial charge on any atom is -0.480 e. The summed E-state index contributed by atoms with van der Waals surface area (Å²) < 4.78 is 26.0. The van der Waals surface area contributed by atoms with Crippen molar-refractivity contribution in [2.24, 2.45) is 0 Å². The molecule has 0 saturated heterocycles. The van der Waals surface area contributed by atoms with Gasteiger partial charge >= 0.3 is 5.97 Å². The second kappa shape index (κ2) is 11.4. The molecule has 2 aromatic rings. The number of hydrogen-bond acceptors (Lipinski definition) is 4. The number of aliphatic carboxylic acids is 1. The molecule has 0 radical (unpaired) electrons. The van der Waals surface area contributed by atoms with Gasteiger partial charge in [0.2, 0.25) is 10.0 Å². The Kier molecular flexibility index (Phi) is 8.76. The Balaban J connectivity index is 1.67. The lowest BCUT2D eigenvalue weighted by molar-refractivity contribution is -0.139. The van der Waals surface area contributed by atoms with Gasteiger partial charge in [-0.3, -0.25) is 4.79 Å². The van der Waals surface area contributed by atoms with Crippen LogP contribution in [0, 0.1) is 0 Å². The lowest BCUT2D eigenvalue weighted by Crippen LogP contribution is -2.42. The summed E-state index contributed by atoms with van der Waals surface area (Å²) in [5.74, 6) is -1.69. The number of amides is 1. The van der Waals surface area contributed by atoms with Crippen molar-refractivity contribution < 1.29 is 23.1 Å². The first-order valence-corrected chi connectivity index (χ1v) is 13.2. The second-order valence-electron chi connectivity index (χ2n) is 8.02. The van der Waals surface area contributed by atoms with Crippen molar-refractivity contribution in [3.05, 3.63) is 75.3 Å². The SMILES string of the molecule is CCCS(=O)(=O)N1CC=C(c2ccc(C[C@H](NC(=O)c3c(Cl)cccc3Cl)C(=O)O)cc2)CC1. The summed E-state index contributed by atoms with van der Waals surface area (Å²) in [6.07, 6.45) is 3.18. The highest BCUT2D eigenvalue weighted by Gasteiger charge is 2.25. The Morgan fingerprint density at radius 1 is 1.12 bits per heavy atom. The summed E-state index contributed by atoms with van der Waals surface area (Å²) in [6, 6.07) is 10.8.